The number of carbonyl (C=O) groups excluding carboxylic acids is 1. The lowest BCUT2D eigenvalue weighted by atomic mass is 10.0. The first-order valence-electron chi connectivity index (χ1n) is 4.54. The summed E-state index contributed by atoms with van der Waals surface area (Å²) in [5.41, 5.74) is 7.64. The number of nitrogens with zero attached hydrogens (tertiary/aromatic N) is 1. The van der Waals surface area contributed by atoms with Gasteiger partial charge in [-0.25, -0.2) is 4.98 Å². The molecule has 1 aliphatic rings. The van der Waals surface area contributed by atoms with Crippen molar-refractivity contribution in [2.45, 2.75) is 18.8 Å². The van der Waals surface area contributed by atoms with Crippen molar-refractivity contribution in [2.24, 2.45) is 0 Å². The van der Waals surface area contributed by atoms with Crippen LogP contribution < -0.4 is 5.73 Å². The molecule has 0 saturated heterocycles. The van der Waals surface area contributed by atoms with Gasteiger partial charge in [0.1, 0.15) is 5.82 Å². The highest BCUT2D eigenvalue weighted by molar-refractivity contribution is 5.79. The van der Waals surface area contributed by atoms with Gasteiger partial charge in [-0.15, -0.1) is 0 Å². The Kier molecular flexibility index (Phi) is 2.11. The van der Waals surface area contributed by atoms with Crippen molar-refractivity contribution in [1.82, 2.24) is 4.98 Å². The molecule has 0 unspecified atom stereocenters. The van der Waals surface area contributed by atoms with Crippen molar-refractivity contribution >= 4 is 11.8 Å². The van der Waals surface area contributed by atoms with Gasteiger partial charge in [0, 0.05) is 6.20 Å². The Morgan fingerprint density at radius 3 is 3.21 bits per heavy atom. The number of nitrogen functional groups attached to an aromatic ring is 1. The Morgan fingerprint density at radius 2 is 2.50 bits per heavy atom. The molecule has 0 amide bonds. The van der Waals surface area contributed by atoms with E-state index in [1.165, 1.54) is 7.11 Å². The minimum absolute atomic E-state index is 0.150. The minimum Gasteiger partial charge on any atom is -0.469 e. The van der Waals surface area contributed by atoms with Crippen LogP contribution in [0.5, 0.6) is 0 Å². The molecule has 2 N–H and O–H groups in total. The summed E-state index contributed by atoms with van der Waals surface area (Å²) in [6.45, 7) is 0. The summed E-state index contributed by atoms with van der Waals surface area (Å²) in [7, 11) is 1.41. The van der Waals surface area contributed by atoms with E-state index in [4.69, 9.17) is 10.5 Å². The fourth-order valence-electron chi connectivity index (χ4n) is 1.90. The molecule has 0 aromatic carbocycles. The SMILES string of the molecule is COC(=O)[C@@H]1CCc2cc(N)ncc21. The highest BCUT2D eigenvalue weighted by Crippen LogP contribution is 2.33. The molecule has 0 bridgehead atoms. The first-order chi connectivity index (χ1) is 6.72. The number of rotatable bonds is 1. The summed E-state index contributed by atoms with van der Waals surface area (Å²) >= 11 is 0. The van der Waals surface area contributed by atoms with Gasteiger partial charge in [-0.2, -0.15) is 0 Å². The second kappa shape index (κ2) is 3.29. The Balaban J connectivity index is 2.35. The molecule has 0 saturated carbocycles. The van der Waals surface area contributed by atoms with Crippen LogP contribution in [0.1, 0.15) is 23.5 Å². The molecule has 0 radical (unpaired) electrons. The van der Waals surface area contributed by atoms with Crippen molar-refractivity contribution in [3.63, 3.8) is 0 Å². The number of ether oxygens (including phenoxy) is 1. The number of aromatic nitrogens is 1. The molecule has 1 aliphatic carbocycles. The molecule has 74 valence electrons. The maximum Gasteiger partial charge on any atom is 0.313 e. The maximum absolute atomic E-state index is 11.4. The quantitative estimate of drug-likeness (QED) is 0.670. The summed E-state index contributed by atoms with van der Waals surface area (Å²) in [4.78, 5) is 15.4. The number of fused-ring (bicyclic) bond motifs is 1. The van der Waals surface area contributed by atoms with Crippen molar-refractivity contribution in [3.05, 3.63) is 23.4 Å². The minimum atomic E-state index is -0.185. The van der Waals surface area contributed by atoms with E-state index in [-0.39, 0.29) is 11.9 Å². The van der Waals surface area contributed by atoms with Gasteiger partial charge in [-0.3, -0.25) is 4.79 Å². The molecule has 1 atom stereocenters. The molecule has 2 rings (SSSR count). The number of methoxy groups -OCH3 is 1. The first kappa shape index (κ1) is 8.99. The molecule has 4 nitrogen and oxygen atoms in total. The number of aryl methyl sites for hydroxylation is 1. The monoisotopic (exact) mass is 192 g/mol. The smallest absolute Gasteiger partial charge is 0.313 e. The summed E-state index contributed by atoms with van der Waals surface area (Å²) in [6, 6.07) is 1.83. The number of hydrogen-bond acceptors (Lipinski definition) is 4. The second-order valence-electron chi connectivity index (χ2n) is 3.42. The number of esters is 1. The predicted molar refractivity (Wildman–Crippen MR) is 51.7 cm³/mol. The van der Waals surface area contributed by atoms with Gasteiger partial charge in [0.25, 0.3) is 0 Å². The van der Waals surface area contributed by atoms with E-state index in [0.29, 0.717) is 5.82 Å². The summed E-state index contributed by atoms with van der Waals surface area (Å²) in [5.74, 6) is 0.174. The zero-order chi connectivity index (χ0) is 10.1. The van der Waals surface area contributed by atoms with E-state index in [1.807, 2.05) is 6.07 Å². The molecule has 1 aromatic heterocycles. The van der Waals surface area contributed by atoms with Crippen LogP contribution in [-0.2, 0) is 16.0 Å². The van der Waals surface area contributed by atoms with Crippen LogP contribution >= 0.6 is 0 Å². The van der Waals surface area contributed by atoms with E-state index in [0.717, 1.165) is 24.0 Å². The molecule has 1 aromatic rings. The van der Waals surface area contributed by atoms with E-state index in [2.05, 4.69) is 4.98 Å². The van der Waals surface area contributed by atoms with Gasteiger partial charge >= 0.3 is 5.97 Å². The normalized spacial score (nSPS) is 19.1. The van der Waals surface area contributed by atoms with Crippen molar-refractivity contribution < 1.29 is 9.53 Å². The topological polar surface area (TPSA) is 65.2 Å². The van der Waals surface area contributed by atoms with E-state index >= 15 is 0 Å². The van der Waals surface area contributed by atoms with Gasteiger partial charge in [0.2, 0.25) is 0 Å². The second-order valence-corrected chi connectivity index (χ2v) is 3.42. The third kappa shape index (κ3) is 1.32. The van der Waals surface area contributed by atoms with E-state index in [9.17, 15) is 4.79 Å². The maximum atomic E-state index is 11.4. The Bertz CT molecular complexity index is 376. The predicted octanol–water partition coefficient (Wildman–Crippen LogP) is 0.867. The third-order valence-electron chi connectivity index (χ3n) is 2.61. The van der Waals surface area contributed by atoms with Crippen molar-refractivity contribution in [2.75, 3.05) is 12.8 Å². The zero-order valence-electron chi connectivity index (χ0n) is 7.99. The number of anilines is 1. The average molecular weight is 192 g/mol. The van der Waals surface area contributed by atoms with E-state index < -0.39 is 0 Å². The Hall–Kier alpha value is -1.58. The standard InChI is InChI=1S/C10H12N2O2/c1-14-10(13)7-3-2-6-4-9(11)12-5-8(6)7/h4-5,7H,2-3H2,1H3,(H2,11,12)/t7-/m1/s1. The third-order valence-corrected chi connectivity index (χ3v) is 2.61. The van der Waals surface area contributed by atoms with Gasteiger partial charge in [0.15, 0.2) is 0 Å². The first-order valence-corrected chi connectivity index (χ1v) is 4.54. The molecule has 0 spiro atoms. The summed E-state index contributed by atoms with van der Waals surface area (Å²) in [5, 5.41) is 0. The number of carbonyl (C=O) groups is 1. The van der Waals surface area contributed by atoms with Crippen LogP contribution in [0.15, 0.2) is 12.3 Å². The largest absolute Gasteiger partial charge is 0.469 e. The Labute approximate surface area is 82.1 Å². The van der Waals surface area contributed by atoms with Crippen LogP contribution in [0.4, 0.5) is 5.82 Å². The fraction of sp³-hybridized carbons (Fsp3) is 0.400. The highest BCUT2D eigenvalue weighted by atomic mass is 16.5. The molecular weight excluding hydrogens is 180 g/mol. The van der Waals surface area contributed by atoms with Gasteiger partial charge in [-0.1, -0.05) is 0 Å². The van der Waals surface area contributed by atoms with Crippen molar-refractivity contribution in [1.29, 1.82) is 0 Å². The van der Waals surface area contributed by atoms with Crippen molar-refractivity contribution in [3.8, 4) is 0 Å². The lowest BCUT2D eigenvalue weighted by Crippen LogP contribution is -2.11. The molecule has 1 heterocycles. The number of pyridine rings is 1. The summed E-state index contributed by atoms with van der Waals surface area (Å²) < 4.78 is 4.72. The molecular formula is C10H12N2O2. The van der Waals surface area contributed by atoms with Gasteiger partial charge in [0.05, 0.1) is 13.0 Å². The molecule has 0 aliphatic heterocycles. The average Bonchev–Trinajstić information content (AvgIpc) is 2.59. The van der Waals surface area contributed by atoms with E-state index in [1.54, 1.807) is 6.20 Å². The number of hydrogen-bond donors (Lipinski definition) is 1. The summed E-state index contributed by atoms with van der Waals surface area (Å²) in [6.07, 6.45) is 3.36. The Morgan fingerprint density at radius 1 is 1.71 bits per heavy atom. The lowest BCUT2D eigenvalue weighted by molar-refractivity contribution is -0.142. The van der Waals surface area contributed by atoms with Crippen LogP contribution in [0, 0.1) is 0 Å². The van der Waals surface area contributed by atoms with Gasteiger partial charge in [-0.05, 0) is 30.0 Å². The zero-order valence-corrected chi connectivity index (χ0v) is 7.99. The number of nitrogens with two attached hydrogens (primary N) is 1. The lowest BCUT2D eigenvalue weighted by Gasteiger charge is -2.07. The van der Waals surface area contributed by atoms with Crippen LogP contribution in [-0.4, -0.2) is 18.1 Å². The highest BCUT2D eigenvalue weighted by Gasteiger charge is 2.29. The molecule has 14 heavy (non-hydrogen) atoms. The molecule has 4 heteroatoms. The fourth-order valence-corrected chi connectivity index (χ4v) is 1.90. The molecule has 0 fully saturated rings. The van der Waals surface area contributed by atoms with Crippen LogP contribution in [0.25, 0.3) is 0 Å². The van der Waals surface area contributed by atoms with Gasteiger partial charge < -0.3 is 10.5 Å². The van der Waals surface area contributed by atoms with Crippen LogP contribution in [0.2, 0.25) is 0 Å². The van der Waals surface area contributed by atoms with Crippen LogP contribution in [0.3, 0.4) is 0 Å².